The van der Waals surface area contributed by atoms with Gasteiger partial charge in [-0.25, -0.2) is 8.42 Å². The maximum Gasteiger partial charge on any atom is 0.242 e. The van der Waals surface area contributed by atoms with E-state index in [4.69, 9.17) is 0 Å². The third-order valence-electron chi connectivity index (χ3n) is 4.11. The molecule has 0 saturated heterocycles. The summed E-state index contributed by atoms with van der Waals surface area (Å²) in [4.78, 5) is -0.0180. The minimum absolute atomic E-state index is 0.0180. The van der Waals surface area contributed by atoms with E-state index >= 15 is 0 Å². The smallest absolute Gasteiger partial charge is 0.207 e. The van der Waals surface area contributed by atoms with Crippen molar-refractivity contribution in [1.29, 1.82) is 5.26 Å². The van der Waals surface area contributed by atoms with Gasteiger partial charge in [0.1, 0.15) is 6.07 Å². The lowest BCUT2D eigenvalue weighted by Gasteiger charge is -2.20. The van der Waals surface area contributed by atoms with Crippen molar-refractivity contribution in [2.75, 3.05) is 0 Å². The summed E-state index contributed by atoms with van der Waals surface area (Å²) in [5, 5.41) is 9.24. The lowest BCUT2D eigenvalue weighted by Crippen LogP contribution is -2.30. The highest BCUT2D eigenvalue weighted by atomic mass is 32.2. The minimum Gasteiger partial charge on any atom is -0.207 e. The first-order valence-corrected chi connectivity index (χ1v) is 9.62. The number of nitrogens with one attached hydrogen (secondary N) is 1. The van der Waals surface area contributed by atoms with Crippen molar-refractivity contribution >= 4 is 10.0 Å². The second kappa shape index (κ2) is 7.52. The molecule has 3 aromatic rings. The third-order valence-corrected chi connectivity index (χ3v) is 5.59. The van der Waals surface area contributed by atoms with Crippen LogP contribution >= 0.6 is 0 Å². The second-order valence-corrected chi connectivity index (χ2v) is 7.67. The topological polar surface area (TPSA) is 70.0 Å². The molecular formula is C21H18N2O2S. The van der Waals surface area contributed by atoms with Crippen LogP contribution in [0.2, 0.25) is 0 Å². The van der Waals surface area contributed by atoms with Crippen LogP contribution in [0.3, 0.4) is 0 Å². The van der Waals surface area contributed by atoms with Gasteiger partial charge >= 0.3 is 0 Å². The van der Waals surface area contributed by atoms with Crippen LogP contribution in [0.1, 0.15) is 28.3 Å². The van der Waals surface area contributed by atoms with Crippen LogP contribution in [0.4, 0.5) is 0 Å². The summed E-state index contributed by atoms with van der Waals surface area (Å²) in [6, 6.07) is 24.7. The quantitative estimate of drug-likeness (QED) is 0.747. The molecule has 0 saturated carbocycles. The molecule has 0 unspecified atom stereocenters. The number of nitrogens with zero attached hydrogens (tertiary/aromatic N) is 1. The van der Waals surface area contributed by atoms with Crippen LogP contribution in [0, 0.1) is 18.3 Å². The molecule has 26 heavy (non-hydrogen) atoms. The van der Waals surface area contributed by atoms with E-state index in [1.165, 1.54) is 12.1 Å². The van der Waals surface area contributed by atoms with Gasteiger partial charge in [-0.2, -0.15) is 9.98 Å². The van der Waals surface area contributed by atoms with E-state index in [9.17, 15) is 13.7 Å². The molecule has 1 N–H and O–H groups in total. The lowest BCUT2D eigenvalue weighted by atomic mass is 9.99. The summed E-state index contributed by atoms with van der Waals surface area (Å²) in [5.74, 6) is 0. The Bertz CT molecular complexity index is 1040. The number of sulfonamides is 1. The Hall–Kier alpha value is -2.94. The van der Waals surface area contributed by atoms with E-state index in [0.717, 1.165) is 16.7 Å². The summed E-state index contributed by atoms with van der Waals surface area (Å²) in [6.07, 6.45) is 0. The molecule has 130 valence electrons. The van der Waals surface area contributed by atoms with Crippen molar-refractivity contribution in [2.24, 2.45) is 0 Å². The van der Waals surface area contributed by atoms with Crippen LogP contribution in [0.15, 0.2) is 83.8 Å². The van der Waals surface area contributed by atoms with Gasteiger partial charge in [-0.05, 0) is 30.2 Å². The Morgan fingerprint density at radius 1 is 0.846 bits per heavy atom. The minimum atomic E-state index is -3.88. The zero-order chi connectivity index (χ0) is 18.6. The average Bonchev–Trinajstić information content (AvgIpc) is 2.67. The molecule has 0 bridgehead atoms. The zero-order valence-corrected chi connectivity index (χ0v) is 15.1. The fourth-order valence-corrected chi connectivity index (χ4v) is 4.12. The number of nitriles is 1. The van der Waals surface area contributed by atoms with E-state index in [-0.39, 0.29) is 10.5 Å². The van der Waals surface area contributed by atoms with Gasteiger partial charge in [0.2, 0.25) is 10.0 Å². The largest absolute Gasteiger partial charge is 0.242 e. The molecule has 0 heterocycles. The maximum absolute atomic E-state index is 13.0. The molecule has 0 aromatic heterocycles. The summed E-state index contributed by atoms with van der Waals surface area (Å²) < 4.78 is 28.7. The summed E-state index contributed by atoms with van der Waals surface area (Å²) in [5.41, 5.74) is 2.88. The first-order chi connectivity index (χ1) is 12.5. The zero-order valence-electron chi connectivity index (χ0n) is 14.3. The fourth-order valence-electron chi connectivity index (χ4n) is 2.74. The predicted molar refractivity (Wildman–Crippen MR) is 101 cm³/mol. The molecular weight excluding hydrogens is 344 g/mol. The monoisotopic (exact) mass is 362 g/mol. The van der Waals surface area contributed by atoms with Crippen molar-refractivity contribution in [3.63, 3.8) is 0 Å². The molecule has 1 atom stereocenters. The molecule has 0 radical (unpaired) electrons. The highest BCUT2D eigenvalue weighted by Gasteiger charge is 2.24. The van der Waals surface area contributed by atoms with E-state index in [0.29, 0.717) is 0 Å². The van der Waals surface area contributed by atoms with Crippen molar-refractivity contribution < 1.29 is 8.42 Å². The molecule has 0 aliphatic carbocycles. The van der Waals surface area contributed by atoms with Gasteiger partial charge < -0.3 is 0 Å². The predicted octanol–water partition coefficient (Wildman–Crippen LogP) is 3.93. The molecule has 3 rings (SSSR count). The van der Waals surface area contributed by atoms with Gasteiger partial charge in [0.25, 0.3) is 0 Å². The molecule has 0 aliphatic heterocycles. The second-order valence-electron chi connectivity index (χ2n) is 5.98. The van der Waals surface area contributed by atoms with Crippen molar-refractivity contribution in [3.05, 3.63) is 101 Å². The van der Waals surface area contributed by atoms with Crippen molar-refractivity contribution in [1.82, 2.24) is 4.72 Å². The number of hydrogen-bond donors (Lipinski definition) is 1. The highest BCUT2D eigenvalue weighted by Crippen LogP contribution is 2.25. The van der Waals surface area contributed by atoms with Gasteiger partial charge in [0.15, 0.2) is 0 Å². The van der Waals surface area contributed by atoms with Gasteiger partial charge in [0, 0.05) is 0 Å². The molecule has 5 heteroatoms. The number of rotatable bonds is 5. The molecule has 0 spiro atoms. The van der Waals surface area contributed by atoms with Crippen molar-refractivity contribution in [3.8, 4) is 6.07 Å². The Morgan fingerprint density at radius 2 is 1.42 bits per heavy atom. The number of benzene rings is 3. The van der Waals surface area contributed by atoms with Gasteiger partial charge in [-0.15, -0.1) is 0 Å². The number of aryl methyl sites for hydroxylation is 1. The van der Waals surface area contributed by atoms with E-state index in [2.05, 4.69) is 4.72 Å². The maximum atomic E-state index is 13.0. The molecule has 0 fully saturated rings. The molecule has 0 amide bonds. The molecule has 4 nitrogen and oxygen atoms in total. The Labute approximate surface area is 153 Å². The lowest BCUT2D eigenvalue weighted by molar-refractivity contribution is 0.572. The van der Waals surface area contributed by atoms with Crippen molar-refractivity contribution in [2.45, 2.75) is 17.9 Å². The first kappa shape index (κ1) is 17.9. The van der Waals surface area contributed by atoms with Crippen LogP contribution in [0.5, 0.6) is 0 Å². The average molecular weight is 362 g/mol. The Kier molecular flexibility index (Phi) is 5.17. The third kappa shape index (κ3) is 3.83. The standard InChI is InChI=1S/C21H18N2O2S/c1-16-11-13-18(14-12-16)21(17-7-3-2-4-8-17)23-26(24,25)20-10-6-5-9-19(20)15-22/h2-14,21,23H,1H3/t21-/m1/s1. The van der Waals surface area contributed by atoms with Crippen LogP contribution < -0.4 is 4.72 Å². The van der Waals surface area contributed by atoms with Gasteiger partial charge in [0.05, 0.1) is 16.5 Å². The summed E-state index contributed by atoms with van der Waals surface area (Å²) >= 11 is 0. The van der Waals surface area contributed by atoms with Crippen LogP contribution in [-0.2, 0) is 10.0 Å². The van der Waals surface area contributed by atoms with E-state index < -0.39 is 16.1 Å². The SMILES string of the molecule is Cc1ccc([C@H](NS(=O)(=O)c2ccccc2C#N)c2ccccc2)cc1. The summed E-state index contributed by atoms with van der Waals surface area (Å²) in [6.45, 7) is 1.98. The molecule has 3 aromatic carbocycles. The fraction of sp³-hybridized carbons (Fsp3) is 0.0952. The van der Waals surface area contributed by atoms with Gasteiger partial charge in [-0.1, -0.05) is 72.3 Å². The number of hydrogen-bond acceptors (Lipinski definition) is 3. The Balaban J connectivity index is 2.06. The highest BCUT2D eigenvalue weighted by molar-refractivity contribution is 7.89. The first-order valence-electron chi connectivity index (χ1n) is 8.14. The van der Waals surface area contributed by atoms with Crippen LogP contribution in [0.25, 0.3) is 0 Å². The summed E-state index contributed by atoms with van der Waals surface area (Å²) in [7, 11) is -3.88. The normalized spacial score (nSPS) is 12.3. The van der Waals surface area contributed by atoms with Gasteiger partial charge in [-0.3, -0.25) is 0 Å². The van der Waals surface area contributed by atoms with E-state index in [1.807, 2.05) is 67.6 Å². The Morgan fingerprint density at radius 3 is 2.08 bits per heavy atom. The molecule has 0 aliphatic rings. The van der Waals surface area contributed by atoms with E-state index in [1.54, 1.807) is 12.1 Å². The van der Waals surface area contributed by atoms with Crippen LogP contribution in [-0.4, -0.2) is 8.42 Å².